The van der Waals surface area contributed by atoms with Crippen LogP contribution in [0.4, 0.5) is 0 Å². The first-order chi connectivity index (χ1) is 4.93. The van der Waals surface area contributed by atoms with Crippen molar-refractivity contribution >= 4 is 23.4 Å². The van der Waals surface area contributed by atoms with Gasteiger partial charge in [-0.25, -0.2) is 4.98 Å². The molecule has 0 aromatic carbocycles. The summed E-state index contributed by atoms with van der Waals surface area (Å²) in [5, 5.41) is 0.933. The average Bonchev–Trinajstić information content (AvgIpc) is 2.03. The van der Waals surface area contributed by atoms with Gasteiger partial charge < -0.3 is 0 Å². The number of nitrogens with zero attached hydrogens (tertiary/aromatic N) is 2. The minimum absolute atomic E-state index is 0.654. The van der Waals surface area contributed by atoms with Crippen LogP contribution in [0, 0.1) is 0 Å². The zero-order chi connectivity index (χ0) is 7.23. The molecule has 4 heteroatoms. The van der Waals surface area contributed by atoms with E-state index in [0.717, 1.165) is 10.8 Å². The largest absolute Gasteiger partial charge is 0.260 e. The van der Waals surface area contributed by atoms with Crippen LogP contribution in [0.25, 0.3) is 0 Å². The van der Waals surface area contributed by atoms with Gasteiger partial charge in [0.15, 0.2) is 0 Å². The lowest BCUT2D eigenvalue weighted by Crippen LogP contribution is -1.83. The molecule has 0 N–H and O–H groups in total. The van der Waals surface area contributed by atoms with E-state index in [4.69, 9.17) is 11.6 Å². The molecular formula is C6H7ClN2S. The molecule has 1 aromatic rings. The van der Waals surface area contributed by atoms with E-state index in [0.29, 0.717) is 5.88 Å². The molecule has 0 saturated heterocycles. The number of aromatic nitrogens is 2. The molecule has 1 heterocycles. The molecule has 0 radical (unpaired) electrons. The first-order valence-electron chi connectivity index (χ1n) is 2.88. The highest BCUT2D eigenvalue weighted by molar-refractivity contribution is 7.99. The maximum Gasteiger partial charge on any atom is 0.114 e. The fourth-order valence-electron chi connectivity index (χ4n) is 0.503. The molecular weight excluding hydrogens is 168 g/mol. The van der Waals surface area contributed by atoms with Gasteiger partial charge in [-0.15, -0.1) is 23.4 Å². The van der Waals surface area contributed by atoms with E-state index >= 15 is 0 Å². The summed E-state index contributed by atoms with van der Waals surface area (Å²) in [5.74, 6) is 1.54. The maximum absolute atomic E-state index is 5.48. The predicted octanol–water partition coefficient (Wildman–Crippen LogP) is 1.81. The molecule has 0 bridgehead atoms. The summed E-state index contributed by atoms with van der Waals surface area (Å²) in [7, 11) is 0. The molecule has 0 aliphatic rings. The zero-order valence-electron chi connectivity index (χ0n) is 5.33. The molecule has 0 amide bonds. The monoisotopic (exact) mass is 174 g/mol. The van der Waals surface area contributed by atoms with Gasteiger partial charge in [0.2, 0.25) is 0 Å². The number of hydrogen-bond donors (Lipinski definition) is 0. The van der Waals surface area contributed by atoms with Crippen molar-refractivity contribution in [3.8, 4) is 0 Å². The quantitative estimate of drug-likeness (QED) is 0.517. The molecule has 0 spiro atoms. The van der Waals surface area contributed by atoms with E-state index in [1.54, 1.807) is 30.4 Å². The molecule has 0 unspecified atom stereocenters. The van der Waals surface area contributed by atoms with Gasteiger partial charge in [-0.05, 0) is 0 Å². The van der Waals surface area contributed by atoms with Crippen LogP contribution < -0.4 is 0 Å². The lowest BCUT2D eigenvalue weighted by molar-refractivity contribution is 1.06. The fraction of sp³-hybridized carbons (Fsp3) is 0.333. The van der Waals surface area contributed by atoms with Crippen LogP contribution in [0.3, 0.4) is 0 Å². The topological polar surface area (TPSA) is 25.8 Å². The number of hydrogen-bond acceptors (Lipinski definition) is 3. The Hall–Kier alpha value is -0.280. The Morgan fingerprint density at radius 2 is 2.40 bits per heavy atom. The molecule has 0 aliphatic carbocycles. The van der Waals surface area contributed by atoms with E-state index < -0.39 is 0 Å². The first-order valence-corrected chi connectivity index (χ1v) is 4.40. The molecule has 1 aromatic heterocycles. The Kier molecular flexibility index (Phi) is 3.54. The predicted molar refractivity (Wildman–Crippen MR) is 43.5 cm³/mol. The van der Waals surface area contributed by atoms with Crippen molar-refractivity contribution in [3.05, 3.63) is 18.6 Å². The summed E-state index contributed by atoms with van der Waals surface area (Å²) in [5.41, 5.74) is 0. The molecule has 10 heavy (non-hydrogen) atoms. The Labute approximate surface area is 69.0 Å². The lowest BCUT2D eigenvalue weighted by Gasteiger charge is -1.93. The molecule has 54 valence electrons. The van der Waals surface area contributed by atoms with Gasteiger partial charge in [0.1, 0.15) is 5.03 Å². The third-order valence-corrected chi connectivity index (χ3v) is 2.19. The highest BCUT2D eigenvalue weighted by atomic mass is 35.5. The van der Waals surface area contributed by atoms with E-state index in [1.807, 2.05) is 0 Å². The zero-order valence-corrected chi connectivity index (χ0v) is 6.90. The molecule has 2 nitrogen and oxygen atoms in total. The third-order valence-electron chi connectivity index (χ3n) is 0.867. The smallest absolute Gasteiger partial charge is 0.114 e. The summed E-state index contributed by atoms with van der Waals surface area (Å²) in [6.07, 6.45) is 5.07. The average molecular weight is 175 g/mol. The normalized spacial score (nSPS) is 9.70. The number of thioether (sulfide) groups is 1. The van der Waals surface area contributed by atoms with Crippen LogP contribution in [0.2, 0.25) is 0 Å². The van der Waals surface area contributed by atoms with Gasteiger partial charge in [-0.3, -0.25) is 4.98 Å². The van der Waals surface area contributed by atoms with Crippen molar-refractivity contribution in [2.45, 2.75) is 5.03 Å². The molecule has 0 fully saturated rings. The molecule has 0 atom stereocenters. The summed E-state index contributed by atoms with van der Waals surface area (Å²) >= 11 is 7.10. The summed E-state index contributed by atoms with van der Waals surface area (Å²) in [4.78, 5) is 7.97. The number of rotatable bonds is 3. The Morgan fingerprint density at radius 1 is 1.50 bits per heavy atom. The van der Waals surface area contributed by atoms with Crippen molar-refractivity contribution in [3.63, 3.8) is 0 Å². The van der Waals surface area contributed by atoms with E-state index in [2.05, 4.69) is 9.97 Å². The minimum Gasteiger partial charge on any atom is -0.260 e. The Balaban J connectivity index is 2.43. The van der Waals surface area contributed by atoms with Crippen LogP contribution in [-0.2, 0) is 0 Å². The second kappa shape index (κ2) is 4.52. The van der Waals surface area contributed by atoms with E-state index in [1.165, 1.54) is 0 Å². The second-order valence-electron chi connectivity index (χ2n) is 1.58. The van der Waals surface area contributed by atoms with Gasteiger partial charge >= 0.3 is 0 Å². The third kappa shape index (κ3) is 2.54. The van der Waals surface area contributed by atoms with Gasteiger partial charge in [-0.2, -0.15) is 0 Å². The van der Waals surface area contributed by atoms with Crippen molar-refractivity contribution in [2.75, 3.05) is 11.6 Å². The molecule has 1 rings (SSSR count). The number of alkyl halides is 1. The van der Waals surface area contributed by atoms with Crippen molar-refractivity contribution in [1.29, 1.82) is 0 Å². The fourth-order valence-corrected chi connectivity index (χ4v) is 1.29. The van der Waals surface area contributed by atoms with Crippen molar-refractivity contribution in [2.24, 2.45) is 0 Å². The van der Waals surface area contributed by atoms with Gasteiger partial charge in [-0.1, -0.05) is 0 Å². The summed E-state index contributed by atoms with van der Waals surface area (Å²) < 4.78 is 0. The molecule has 0 saturated carbocycles. The number of halogens is 1. The standard InChI is InChI=1S/C6H7ClN2S/c7-1-4-10-6-5-8-2-3-9-6/h2-3,5H,1,4H2. The van der Waals surface area contributed by atoms with Crippen LogP contribution in [0.5, 0.6) is 0 Å². The van der Waals surface area contributed by atoms with Crippen LogP contribution >= 0.6 is 23.4 Å². The van der Waals surface area contributed by atoms with Crippen molar-refractivity contribution in [1.82, 2.24) is 9.97 Å². The van der Waals surface area contributed by atoms with Gasteiger partial charge in [0, 0.05) is 24.0 Å². The lowest BCUT2D eigenvalue weighted by atomic mass is 10.8. The highest BCUT2D eigenvalue weighted by Crippen LogP contribution is 2.11. The maximum atomic E-state index is 5.48. The Morgan fingerprint density at radius 3 is 3.00 bits per heavy atom. The van der Waals surface area contributed by atoms with Crippen LogP contribution in [0.15, 0.2) is 23.6 Å². The minimum atomic E-state index is 0.654. The van der Waals surface area contributed by atoms with Crippen molar-refractivity contribution < 1.29 is 0 Å². The van der Waals surface area contributed by atoms with E-state index in [9.17, 15) is 0 Å². The second-order valence-corrected chi connectivity index (χ2v) is 3.07. The summed E-state index contributed by atoms with van der Waals surface area (Å²) in [6, 6.07) is 0. The Bertz CT molecular complexity index is 180. The van der Waals surface area contributed by atoms with E-state index in [-0.39, 0.29) is 0 Å². The summed E-state index contributed by atoms with van der Waals surface area (Å²) in [6.45, 7) is 0. The SMILES string of the molecule is ClCCSc1cnccn1. The van der Waals surface area contributed by atoms with Gasteiger partial charge in [0.05, 0.1) is 6.20 Å². The molecule has 0 aliphatic heterocycles. The first kappa shape index (κ1) is 7.82. The highest BCUT2D eigenvalue weighted by Gasteiger charge is 1.91. The van der Waals surface area contributed by atoms with Crippen LogP contribution in [0.1, 0.15) is 0 Å². The van der Waals surface area contributed by atoms with Crippen LogP contribution in [-0.4, -0.2) is 21.6 Å². The van der Waals surface area contributed by atoms with Gasteiger partial charge in [0.25, 0.3) is 0 Å².